The van der Waals surface area contributed by atoms with Crippen LogP contribution < -0.4 is 4.90 Å². The van der Waals surface area contributed by atoms with E-state index in [-0.39, 0.29) is 23.1 Å². The van der Waals surface area contributed by atoms with Crippen molar-refractivity contribution in [2.24, 2.45) is 0 Å². The van der Waals surface area contributed by atoms with Gasteiger partial charge in [0.25, 0.3) is 0 Å². The predicted molar refractivity (Wildman–Crippen MR) is 99.3 cm³/mol. The maximum atomic E-state index is 13.3. The number of carboxylic acid groups (broad SMARTS) is 1. The van der Waals surface area contributed by atoms with Crippen molar-refractivity contribution in [3.63, 3.8) is 0 Å². The van der Waals surface area contributed by atoms with Crippen LogP contribution in [0.2, 0.25) is 0 Å². The average molecular weight is 402 g/mol. The summed E-state index contributed by atoms with van der Waals surface area (Å²) in [4.78, 5) is 14.2. The fourth-order valence-corrected chi connectivity index (χ4v) is 3.60. The van der Waals surface area contributed by atoms with Crippen molar-refractivity contribution in [3.8, 4) is 5.69 Å². The molecule has 3 aromatic rings. The average Bonchev–Trinajstić information content (AvgIpc) is 3.35. The molecule has 4 rings (SSSR count). The molecule has 1 aliphatic rings. The van der Waals surface area contributed by atoms with Gasteiger partial charge in [-0.2, -0.15) is 13.2 Å². The summed E-state index contributed by atoms with van der Waals surface area (Å²) in [5.41, 5.74) is -0.480. The Morgan fingerprint density at radius 1 is 1.03 bits per heavy atom. The van der Waals surface area contributed by atoms with E-state index in [0.29, 0.717) is 13.1 Å². The summed E-state index contributed by atoms with van der Waals surface area (Å²) in [6.07, 6.45) is -3.82. The lowest BCUT2D eigenvalue weighted by molar-refractivity contribution is -0.137. The number of hydrogen-bond donors (Lipinski definition) is 1. The van der Waals surface area contributed by atoms with Crippen LogP contribution >= 0.6 is 0 Å². The molecule has 1 fully saturated rings. The zero-order valence-corrected chi connectivity index (χ0v) is 15.2. The molecule has 150 valence electrons. The summed E-state index contributed by atoms with van der Waals surface area (Å²) in [5, 5.41) is 17.5. The van der Waals surface area contributed by atoms with Crippen LogP contribution in [0.25, 0.3) is 5.69 Å². The van der Waals surface area contributed by atoms with E-state index in [1.807, 2.05) is 30.3 Å². The number of benzene rings is 2. The van der Waals surface area contributed by atoms with Gasteiger partial charge in [-0.3, -0.25) is 0 Å². The molecule has 0 saturated carbocycles. The second-order valence-electron chi connectivity index (χ2n) is 6.82. The predicted octanol–water partition coefficient (Wildman–Crippen LogP) is 3.98. The number of hydrogen-bond acceptors (Lipinski definition) is 4. The number of aromatic nitrogens is 3. The number of halogens is 3. The Balaban J connectivity index is 1.70. The Kier molecular flexibility index (Phi) is 4.73. The van der Waals surface area contributed by atoms with E-state index in [1.54, 1.807) is 4.90 Å². The number of para-hydroxylation sites is 1. The topological polar surface area (TPSA) is 71.2 Å². The van der Waals surface area contributed by atoms with E-state index >= 15 is 0 Å². The van der Waals surface area contributed by atoms with Crippen LogP contribution in [0.4, 0.5) is 19.0 Å². The molecule has 9 heteroatoms. The largest absolute Gasteiger partial charge is 0.476 e. The summed E-state index contributed by atoms with van der Waals surface area (Å²) in [5.74, 6) is -1.07. The van der Waals surface area contributed by atoms with Crippen molar-refractivity contribution in [1.82, 2.24) is 15.0 Å². The second kappa shape index (κ2) is 7.23. The molecule has 1 aliphatic heterocycles. The van der Waals surface area contributed by atoms with Crippen LogP contribution in [0.1, 0.15) is 34.0 Å². The van der Waals surface area contributed by atoms with Crippen molar-refractivity contribution in [2.75, 3.05) is 18.0 Å². The lowest BCUT2D eigenvalue weighted by Gasteiger charge is -2.16. The van der Waals surface area contributed by atoms with Gasteiger partial charge >= 0.3 is 12.1 Å². The number of carboxylic acids is 1. The summed E-state index contributed by atoms with van der Waals surface area (Å²) in [6, 6.07) is 14.6. The van der Waals surface area contributed by atoms with Crippen LogP contribution in [0.5, 0.6) is 0 Å². The summed E-state index contributed by atoms with van der Waals surface area (Å²) in [6.45, 7) is 1.06. The Labute approximate surface area is 164 Å². The standard InChI is InChI=1S/C20H17F3N4O2/c21-20(22,23)15-8-4-5-9-16(15)27-24-17(19(28)29)18(25-27)26-11-10-14(12-26)13-6-2-1-3-7-13/h1-9,14H,10-12H2,(H,28,29). The minimum atomic E-state index is -4.61. The molecule has 0 bridgehead atoms. The quantitative estimate of drug-likeness (QED) is 0.715. The fraction of sp³-hybridized carbons (Fsp3) is 0.250. The van der Waals surface area contributed by atoms with Crippen molar-refractivity contribution in [1.29, 1.82) is 0 Å². The zero-order valence-electron chi connectivity index (χ0n) is 15.2. The van der Waals surface area contributed by atoms with Crippen molar-refractivity contribution in [2.45, 2.75) is 18.5 Å². The van der Waals surface area contributed by atoms with Crippen LogP contribution in [-0.2, 0) is 6.18 Å². The highest BCUT2D eigenvalue weighted by molar-refractivity contribution is 5.91. The highest BCUT2D eigenvalue weighted by Gasteiger charge is 2.36. The zero-order chi connectivity index (χ0) is 20.6. The molecule has 1 atom stereocenters. The van der Waals surface area contributed by atoms with Crippen molar-refractivity contribution < 1.29 is 23.1 Å². The molecule has 2 aromatic carbocycles. The van der Waals surface area contributed by atoms with Gasteiger partial charge in [-0.1, -0.05) is 42.5 Å². The number of anilines is 1. The third kappa shape index (κ3) is 3.67. The Morgan fingerprint density at radius 2 is 1.72 bits per heavy atom. The summed E-state index contributed by atoms with van der Waals surface area (Å²) < 4.78 is 40.0. The van der Waals surface area contributed by atoms with E-state index in [1.165, 1.54) is 18.2 Å². The van der Waals surface area contributed by atoms with Gasteiger partial charge in [0, 0.05) is 19.0 Å². The lowest BCUT2D eigenvalue weighted by atomic mass is 9.99. The van der Waals surface area contributed by atoms with Gasteiger partial charge in [-0.15, -0.1) is 15.0 Å². The molecular formula is C20H17F3N4O2. The summed E-state index contributed by atoms with van der Waals surface area (Å²) in [7, 11) is 0. The molecule has 1 unspecified atom stereocenters. The minimum absolute atomic E-state index is 0.0768. The molecule has 0 spiro atoms. The van der Waals surface area contributed by atoms with Crippen LogP contribution in [0.15, 0.2) is 54.6 Å². The van der Waals surface area contributed by atoms with Crippen molar-refractivity contribution >= 4 is 11.8 Å². The van der Waals surface area contributed by atoms with E-state index in [2.05, 4.69) is 10.2 Å². The SMILES string of the molecule is O=C(O)c1nn(-c2ccccc2C(F)(F)F)nc1N1CCC(c2ccccc2)C1. The van der Waals surface area contributed by atoms with E-state index in [4.69, 9.17) is 0 Å². The number of nitrogens with zero attached hydrogens (tertiary/aromatic N) is 4. The monoisotopic (exact) mass is 402 g/mol. The first-order valence-corrected chi connectivity index (χ1v) is 9.01. The molecular weight excluding hydrogens is 385 g/mol. The second-order valence-corrected chi connectivity index (χ2v) is 6.82. The minimum Gasteiger partial charge on any atom is -0.476 e. The van der Waals surface area contributed by atoms with Crippen LogP contribution in [-0.4, -0.2) is 39.2 Å². The maximum absolute atomic E-state index is 13.3. The van der Waals surface area contributed by atoms with E-state index < -0.39 is 17.7 Å². The van der Waals surface area contributed by atoms with E-state index in [9.17, 15) is 23.1 Å². The Bertz CT molecular complexity index is 1030. The number of alkyl halides is 3. The Hall–Kier alpha value is -3.36. The van der Waals surface area contributed by atoms with Gasteiger partial charge in [0.15, 0.2) is 5.82 Å². The lowest BCUT2D eigenvalue weighted by Crippen LogP contribution is -2.22. The molecule has 1 aromatic heterocycles. The van der Waals surface area contributed by atoms with Crippen LogP contribution in [0.3, 0.4) is 0 Å². The molecule has 2 heterocycles. The van der Waals surface area contributed by atoms with Gasteiger partial charge < -0.3 is 10.0 Å². The number of aromatic carboxylic acids is 1. The number of rotatable bonds is 4. The molecule has 29 heavy (non-hydrogen) atoms. The van der Waals surface area contributed by atoms with Gasteiger partial charge in [-0.05, 0) is 24.1 Å². The first kappa shape index (κ1) is 19.0. The third-order valence-electron chi connectivity index (χ3n) is 4.98. The smallest absolute Gasteiger partial charge is 0.418 e. The van der Waals surface area contributed by atoms with Crippen molar-refractivity contribution in [3.05, 3.63) is 71.4 Å². The first-order chi connectivity index (χ1) is 13.8. The molecule has 6 nitrogen and oxygen atoms in total. The fourth-order valence-electron chi connectivity index (χ4n) is 3.60. The van der Waals surface area contributed by atoms with Gasteiger partial charge in [-0.25, -0.2) is 4.79 Å². The highest BCUT2D eigenvalue weighted by atomic mass is 19.4. The maximum Gasteiger partial charge on any atom is 0.418 e. The molecule has 1 saturated heterocycles. The summed E-state index contributed by atoms with van der Waals surface area (Å²) >= 11 is 0. The molecule has 0 radical (unpaired) electrons. The van der Waals surface area contributed by atoms with Gasteiger partial charge in [0.2, 0.25) is 5.69 Å². The van der Waals surface area contributed by atoms with E-state index in [0.717, 1.165) is 22.8 Å². The first-order valence-electron chi connectivity index (χ1n) is 9.01. The Morgan fingerprint density at radius 3 is 2.41 bits per heavy atom. The van der Waals surface area contributed by atoms with Crippen LogP contribution in [0, 0.1) is 0 Å². The molecule has 1 N–H and O–H groups in total. The van der Waals surface area contributed by atoms with Gasteiger partial charge in [0.05, 0.1) is 11.3 Å². The third-order valence-corrected chi connectivity index (χ3v) is 4.98. The number of carbonyl (C=O) groups is 1. The van der Waals surface area contributed by atoms with Gasteiger partial charge in [0.1, 0.15) is 0 Å². The highest BCUT2D eigenvalue weighted by Crippen LogP contribution is 2.35. The normalized spacial score (nSPS) is 16.9. The molecule has 0 amide bonds. The molecule has 0 aliphatic carbocycles.